The van der Waals surface area contributed by atoms with Crippen LogP contribution in [-0.4, -0.2) is 66.9 Å². The van der Waals surface area contributed by atoms with Gasteiger partial charge in [0.2, 0.25) is 11.8 Å². The number of hydrogen-bond acceptors (Lipinski definition) is 3. The van der Waals surface area contributed by atoms with Gasteiger partial charge in [-0.05, 0) is 25.1 Å². The van der Waals surface area contributed by atoms with Gasteiger partial charge in [0.1, 0.15) is 0 Å². The van der Waals surface area contributed by atoms with Crippen LogP contribution in [0.15, 0.2) is 30.5 Å². The van der Waals surface area contributed by atoms with Crippen LogP contribution in [0.25, 0.3) is 10.9 Å². The molecule has 1 aromatic carbocycles. The summed E-state index contributed by atoms with van der Waals surface area (Å²) in [4.78, 5) is 32.0. The molecule has 2 aromatic rings. The number of benzene rings is 1. The Kier molecular flexibility index (Phi) is 5.38. The lowest BCUT2D eigenvalue weighted by Crippen LogP contribution is -2.41. The van der Waals surface area contributed by atoms with Crippen LogP contribution in [0.1, 0.15) is 12.0 Å². The molecule has 0 spiro atoms. The van der Waals surface area contributed by atoms with E-state index in [4.69, 9.17) is 0 Å². The summed E-state index contributed by atoms with van der Waals surface area (Å²) in [5.41, 5.74) is 2.26. The molecule has 1 fully saturated rings. The van der Waals surface area contributed by atoms with E-state index in [1.807, 2.05) is 36.3 Å². The molecule has 0 aliphatic carbocycles. The van der Waals surface area contributed by atoms with Crippen molar-refractivity contribution in [1.82, 2.24) is 20.1 Å². The summed E-state index contributed by atoms with van der Waals surface area (Å²) in [5.74, 6) is -0.0489. The molecule has 25 heavy (non-hydrogen) atoms. The fourth-order valence-corrected chi connectivity index (χ4v) is 3.51. The number of nitrogens with one attached hydrogen (secondary N) is 2. The summed E-state index contributed by atoms with van der Waals surface area (Å²) in [6, 6.07) is 8.13. The highest BCUT2D eigenvalue weighted by Gasteiger charge is 2.28. The molecule has 1 atom stereocenters. The van der Waals surface area contributed by atoms with Gasteiger partial charge in [0.15, 0.2) is 0 Å². The zero-order valence-corrected chi connectivity index (χ0v) is 14.9. The van der Waals surface area contributed by atoms with Crippen molar-refractivity contribution in [3.63, 3.8) is 0 Å². The van der Waals surface area contributed by atoms with Gasteiger partial charge in [0.05, 0.1) is 5.92 Å². The molecule has 134 valence electrons. The van der Waals surface area contributed by atoms with Gasteiger partial charge in [0, 0.05) is 56.7 Å². The number of likely N-dealkylation sites (N-methyl/N-ethyl adjacent to an activating group) is 1. The van der Waals surface area contributed by atoms with Crippen LogP contribution < -0.4 is 5.32 Å². The van der Waals surface area contributed by atoms with Gasteiger partial charge in [-0.2, -0.15) is 0 Å². The van der Waals surface area contributed by atoms with Crippen LogP contribution in [0.5, 0.6) is 0 Å². The molecule has 1 saturated heterocycles. The zero-order valence-electron chi connectivity index (χ0n) is 14.9. The molecule has 1 aromatic heterocycles. The molecule has 6 heteroatoms. The largest absolute Gasteiger partial charge is 0.361 e. The van der Waals surface area contributed by atoms with Gasteiger partial charge in [-0.1, -0.05) is 18.2 Å². The maximum Gasteiger partial charge on any atom is 0.225 e. The topological polar surface area (TPSA) is 68.4 Å². The molecule has 2 amide bonds. The summed E-state index contributed by atoms with van der Waals surface area (Å²) >= 11 is 0. The quantitative estimate of drug-likeness (QED) is 0.878. The average molecular weight is 342 g/mol. The van der Waals surface area contributed by atoms with Crippen molar-refractivity contribution in [3.8, 4) is 0 Å². The highest BCUT2D eigenvalue weighted by atomic mass is 16.2. The first-order chi connectivity index (χ1) is 12.1. The van der Waals surface area contributed by atoms with E-state index in [0.29, 0.717) is 32.5 Å². The van der Waals surface area contributed by atoms with E-state index in [2.05, 4.69) is 21.3 Å². The number of H-pyrrole nitrogens is 1. The normalized spacial score (nSPS) is 19.0. The summed E-state index contributed by atoms with van der Waals surface area (Å²) in [7, 11) is 3.65. The van der Waals surface area contributed by atoms with Crippen molar-refractivity contribution in [2.75, 3.05) is 40.3 Å². The van der Waals surface area contributed by atoms with E-state index in [9.17, 15) is 9.59 Å². The second kappa shape index (κ2) is 7.70. The Bertz CT molecular complexity index is 755. The van der Waals surface area contributed by atoms with Gasteiger partial charge >= 0.3 is 0 Å². The Labute approximate surface area is 148 Å². The predicted octanol–water partition coefficient (Wildman–Crippen LogP) is 1.24. The Morgan fingerprint density at radius 2 is 2.04 bits per heavy atom. The molecular formula is C19H26N4O2. The van der Waals surface area contributed by atoms with Crippen LogP contribution in [0.4, 0.5) is 0 Å². The lowest BCUT2D eigenvalue weighted by molar-refractivity contribution is -0.132. The molecule has 0 unspecified atom stereocenters. The number of aryl methyl sites for hydroxylation is 1. The van der Waals surface area contributed by atoms with Crippen LogP contribution in [0, 0.1) is 5.92 Å². The first kappa shape index (κ1) is 17.5. The second-order valence-corrected chi connectivity index (χ2v) is 6.77. The molecule has 6 nitrogen and oxygen atoms in total. The Morgan fingerprint density at radius 3 is 2.84 bits per heavy atom. The van der Waals surface area contributed by atoms with E-state index in [1.165, 1.54) is 10.9 Å². The number of hydrogen-bond donors (Lipinski definition) is 2. The van der Waals surface area contributed by atoms with Crippen LogP contribution in [-0.2, 0) is 16.0 Å². The predicted molar refractivity (Wildman–Crippen MR) is 98.3 cm³/mol. The summed E-state index contributed by atoms with van der Waals surface area (Å²) in [6.45, 7) is 2.66. The lowest BCUT2D eigenvalue weighted by atomic mass is 10.1. The summed E-state index contributed by atoms with van der Waals surface area (Å²) in [5, 5.41) is 3.88. The molecule has 2 heterocycles. The minimum absolute atomic E-state index is 0.00294. The minimum atomic E-state index is -0.172. The van der Waals surface area contributed by atoms with Crippen molar-refractivity contribution in [2.24, 2.45) is 5.92 Å². The summed E-state index contributed by atoms with van der Waals surface area (Å²) < 4.78 is 0. The smallest absolute Gasteiger partial charge is 0.225 e. The average Bonchev–Trinajstić information content (AvgIpc) is 2.93. The molecular weight excluding hydrogens is 316 g/mol. The molecule has 3 rings (SSSR count). The number of rotatable bonds is 4. The molecule has 1 aliphatic rings. The van der Waals surface area contributed by atoms with Crippen LogP contribution in [0.2, 0.25) is 0 Å². The standard InChI is InChI=1S/C19H26N4O2/c1-20-19(25)15-12-22(2)9-10-23(13-15)18(24)8-7-14-11-21-17-6-4-3-5-16(14)17/h3-6,11,15,21H,7-10,12-13H2,1-2H3,(H,20,25)/t15-/m0/s1. The van der Waals surface area contributed by atoms with Crippen molar-refractivity contribution in [1.29, 1.82) is 0 Å². The Balaban J connectivity index is 1.64. The van der Waals surface area contributed by atoms with Crippen molar-refractivity contribution < 1.29 is 9.59 Å². The lowest BCUT2D eigenvalue weighted by Gasteiger charge is -2.23. The SMILES string of the molecule is CNC(=O)[C@H]1CN(C)CCN(C(=O)CCc2c[nH]c3ccccc23)C1. The highest BCUT2D eigenvalue weighted by molar-refractivity contribution is 5.84. The van der Waals surface area contributed by atoms with Gasteiger partial charge in [0.25, 0.3) is 0 Å². The first-order valence-corrected chi connectivity index (χ1v) is 8.81. The number of carbonyl (C=O) groups is 2. The highest BCUT2D eigenvalue weighted by Crippen LogP contribution is 2.19. The van der Waals surface area contributed by atoms with Gasteiger partial charge < -0.3 is 20.1 Å². The molecule has 0 radical (unpaired) electrons. The van der Waals surface area contributed by atoms with Crippen molar-refractivity contribution in [2.45, 2.75) is 12.8 Å². The third-order valence-corrected chi connectivity index (χ3v) is 4.98. The van der Waals surface area contributed by atoms with E-state index in [-0.39, 0.29) is 17.7 Å². The third-order valence-electron chi connectivity index (χ3n) is 4.98. The minimum Gasteiger partial charge on any atom is -0.361 e. The number of para-hydroxylation sites is 1. The number of aromatic amines is 1. The van der Waals surface area contributed by atoms with Crippen molar-refractivity contribution in [3.05, 3.63) is 36.0 Å². The van der Waals surface area contributed by atoms with Crippen molar-refractivity contribution >= 4 is 22.7 Å². The number of fused-ring (bicyclic) bond motifs is 1. The molecule has 1 aliphatic heterocycles. The zero-order chi connectivity index (χ0) is 17.8. The Hall–Kier alpha value is -2.34. The second-order valence-electron chi connectivity index (χ2n) is 6.77. The first-order valence-electron chi connectivity index (χ1n) is 8.81. The van der Waals surface area contributed by atoms with Gasteiger partial charge in [-0.15, -0.1) is 0 Å². The molecule has 2 N–H and O–H groups in total. The van der Waals surface area contributed by atoms with E-state index >= 15 is 0 Å². The Morgan fingerprint density at radius 1 is 1.24 bits per heavy atom. The number of carbonyl (C=O) groups excluding carboxylic acids is 2. The van der Waals surface area contributed by atoms with E-state index < -0.39 is 0 Å². The summed E-state index contributed by atoms with van der Waals surface area (Å²) in [6.07, 6.45) is 3.16. The fourth-order valence-electron chi connectivity index (χ4n) is 3.51. The van der Waals surface area contributed by atoms with Crippen LogP contribution in [0.3, 0.4) is 0 Å². The molecule has 0 saturated carbocycles. The monoisotopic (exact) mass is 342 g/mol. The van der Waals surface area contributed by atoms with Crippen LogP contribution >= 0.6 is 0 Å². The van der Waals surface area contributed by atoms with E-state index in [1.54, 1.807) is 7.05 Å². The van der Waals surface area contributed by atoms with E-state index in [0.717, 1.165) is 12.1 Å². The number of amides is 2. The van der Waals surface area contributed by atoms with Gasteiger partial charge in [-0.25, -0.2) is 0 Å². The number of nitrogens with zero attached hydrogens (tertiary/aromatic N) is 2. The maximum absolute atomic E-state index is 12.7. The maximum atomic E-state index is 12.7. The number of aromatic nitrogens is 1. The fraction of sp³-hybridized carbons (Fsp3) is 0.474. The molecule has 0 bridgehead atoms. The van der Waals surface area contributed by atoms with Gasteiger partial charge in [-0.3, -0.25) is 9.59 Å². The third kappa shape index (κ3) is 4.02.